The van der Waals surface area contributed by atoms with Gasteiger partial charge in [0.15, 0.2) is 0 Å². The van der Waals surface area contributed by atoms with Crippen LogP contribution in [0.4, 0.5) is 0 Å². The van der Waals surface area contributed by atoms with Crippen LogP contribution in [0.25, 0.3) is 0 Å². The average molecular weight is 269 g/mol. The third kappa shape index (κ3) is 5.11. The standard InChI is InChI=1S/C12H15NO4S/c1-2-5-13(7-10-4-3-6-18-10)11(14)8-17-9-12(15)16/h2-4,6H,1,5,7-9H2,(H,15,16). The largest absolute Gasteiger partial charge is 0.480 e. The number of rotatable bonds is 8. The second kappa shape index (κ2) is 7.62. The fraction of sp³-hybridized carbons (Fsp3) is 0.333. The Balaban J connectivity index is 2.47. The zero-order valence-electron chi connectivity index (χ0n) is 9.87. The van der Waals surface area contributed by atoms with Gasteiger partial charge in [-0.15, -0.1) is 17.9 Å². The molecule has 1 rings (SSSR count). The minimum Gasteiger partial charge on any atom is -0.480 e. The predicted octanol–water partition coefficient (Wildman–Crippen LogP) is 1.36. The maximum Gasteiger partial charge on any atom is 0.329 e. The summed E-state index contributed by atoms with van der Waals surface area (Å²) in [7, 11) is 0. The van der Waals surface area contributed by atoms with Gasteiger partial charge in [-0.3, -0.25) is 4.79 Å². The van der Waals surface area contributed by atoms with Crippen LogP contribution in [0.15, 0.2) is 30.2 Å². The van der Waals surface area contributed by atoms with E-state index < -0.39 is 12.6 Å². The molecule has 0 atom stereocenters. The molecule has 0 aromatic carbocycles. The van der Waals surface area contributed by atoms with Crippen molar-refractivity contribution in [3.05, 3.63) is 35.0 Å². The number of carbonyl (C=O) groups excluding carboxylic acids is 1. The molecular weight excluding hydrogens is 254 g/mol. The lowest BCUT2D eigenvalue weighted by molar-refractivity contribution is -0.145. The topological polar surface area (TPSA) is 66.8 Å². The molecule has 0 bridgehead atoms. The molecule has 5 nitrogen and oxygen atoms in total. The van der Waals surface area contributed by atoms with Gasteiger partial charge in [-0.1, -0.05) is 12.1 Å². The Kier molecular flexibility index (Phi) is 6.10. The summed E-state index contributed by atoms with van der Waals surface area (Å²) in [5, 5.41) is 10.3. The van der Waals surface area contributed by atoms with Crippen LogP contribution in [0.5, 0.6) is 0 Å². The van der Waals surface area contributed by atoms with Crippen molar-refractivity contribution >= 4 is 23.2 Å². The zero-order chi connectivity index (χ0) is 13.4. The Hall–Kier alpha value is -1.66. The van der Waals surface area contributed by atoms with E-state index in [1.54, 1.807) is 22.3 Å². The van der Waals surface area contributed by atoms with Crippen molar-refractivity contribution in [2.75, 3.05) is 19.8 Å². The third-order valence-corrected chi connectivity index (χ3v) is 2.94. The lowest BCUT2D eigenvalue weighted by Crippen LogP contribution is -2.34. The van der Waals surface area contributed by atoms with Gasteiger partial charge in [0.25, 0.3) is 0 Å². The summed E-state index contributed by atoms with van der Waals surface area (Å²) in [5.41, 5.74) is 0. The highest BCUT2D eigenvalue weighted by Gasteiger charge is 2.13. The second-order valence-corrected chi connectivity index (χ2v) is 4.56. The summed E-state index contributed by atoms with van der Waals surface area (Å²) in [6.07, 6.45) is 1.63. The maximum atomic E-state index is 11.8. The molecule has 0 unspecified atom stereocenters. The van der Waals surface area contributed by atoms with Gasteiger partial charge in [0.2, 0.25) is 5.91 Å². The van der Waals surface area contributed by atoms with Crippen molar-refractivity contribution in [1.82, 2.24) is 4.90 Å². The van der Waals surface area contributed by atoms with Gasteiger partial charge in [0.05, 0.1) is 6.54 Å². The number of nitrogens with zero attached hydrogens (tertiary/aromatic N) is 1. The Morgan fingerprint density at radius 2 is 2.28 bits per heavy atom. The minimum atomic E-state index is -1.09. The summed E-state index contributed by atoms with van der Waals surface area (Å²) < 4.78 is 4.78. The first kappa shape index (κ1) is 14.4. The molecule has 0 saturated heterocycles. The number of hydrogen-bond acceptors (Lipinski definition) is 4. The summed E-state index contributed by atoms with van der Waals surface area (Å²) in [4.78, 5) is 24.7. The van der Waals surface area contributed by atoms with Crippen LogP contribution in [0.2, 0.25) is 0 Å². The van der Waals surface area contributed by atoms with Gasteiger partial charge >= 0.3 is 5.97 Å². The second-order valence-electron chi connectivity index (χ2n) is 3.53. The van der Waals surface area contributed by atoms with Crippen molar-refractivity contribution in [3.8, 4) is 0 Å². The van der Waals surface area contributed by atoms with Crippen LogP contribution in [0.1, 0.15) is 4.88 Å². The van der Waals surface area contributed by atoms with Gasteiger partial charge in [-0.25, -0.2) is 4.79 Å². The molecule has 0 aliphatic heterocycles. The first-order chi connectivity index (χ1) is 8.63. The molecule has 1 aromatic heterocycles. The number of carbonyl (C=O) groups is 2. The first-order valence-corrected chi connectivity index (χ1v) is 6.22. The molecule has 0 saturated carbocycles. The predicted molar refractivity (Wildman–Crippen MR) is 68.4 cm³/mol. The Labute approximate surface area is 109 Å². The normalized spacial score (nSPS) is 10.0. The number of carboxylic acid groups (broad SMARTS) is 1. The highest BCUT2D eigenvalue weighted by atomic mass is 32.1. The van der Waals surface area contributed by atoms with Crippen molar-refractivity contribution in [2.24, 2.45) is 0 Å². The highest BCUT2D eigenvalue weighted by molar-refractivity contribution is 7.09. The van der Waals surface area contributed by atoms with E-state index in [1.807, 2.05) is 17.5 Å². The van der Waals surface area contributed by atoms with Crippen molar-refractivity contribution in [1.29, 1.82) is 0 Å². The molecular formula is C12H15NO4S. The Morgan fingerprint density at radius 3 is 2.83 bits per heavy atom. The minimum absolute atomic E-state index is 0.231. The van der Waals surface area contributed by atoms with E-state index in [0.29, 0.717) is 13.1 Å². The molecule has 1 N–H and O–H groups in total. The fourth-order valence-corrected chi connectivity index (χ4v) is 2.04. The SMILES string of the molecule is C=CCN(Cc1cccs1)C(=O)COCC(=O)O. The number of amides is 1. The van der Waals surface area contributed by atoms with Crippen molar-refractivity contribution < 1.29 is 19.4 Å². The van der Waals surface area contributed by atoms with Gasteiger partial charge < -0.3 is 14.7 Å². The molecule has 0 radical (unpaired) electrons. The van der Waals surface area contributed by atoms with Gasteiger partial charge in [-0.05, 0) is 11.4 Å². The van der Waals surface area contributed by atoms with Gasteiger partial charge in [0, 0.05) is 11.4 Å². The van der Waals surface area contributed by atoms with E-state index in [0.717, 1.165) is 4.88 Å². The molecule has 1 amide bonds. The monoisotopic (exact) mass is 269 g/mol. The van der Waals surface area contributed by atoms with E-state index in [9.17, 15) is 9.59 Å². The Bertz CT molecular complexity index is 402. The summed E-state index contributed by atoms with van der Waals surface area (Å²) in [6.45, 7) is 3.79. The van der Waals surface area contributed by atoms with Crippen LogP contribution in [-0.4, -0.2) is 41.6 Å². The van der Waals surface area contributed by atoms with Gasteiger partial charge in [0.1, 0.15) is 13.2 Å². The lowest BCUT2D eigenvalue weighted by atomic mass is 10.4. The first-order valence-electron chi connectivity index (χ1n) is 5.34. The summed E-state index contributed by atoms with van der Waals surface area (Å²) in [6, 6.07) is 3.85. The zero-order valence-corrected chi connectivity index (χ0v) is 10.7. The number of carboxylic acids is 1. The maximum absolute atomic E-state index is 11.8. The van der Waals surface area contributed by atoms with Crippen LogP contribution < -0.4 is 0 Å². The molecule has 1 aromatic rings. The summed E-state index contributed by atoms with van der Waals surface area (Å²) >= 11 is 1.56. The Morgan fingerprint density at radius 1 is 1.50 bits per heavy atom. The fourth-order valence-electron chi connectivity index (χ4n) is 1.32. The van der Waals surface area contributed by atoms with Gasteiger partial charge in [-0.2, -0.15) is 0 Å². The molecule has 18 heavy (non-hydrogen) atoms. The summed E-state index contributed by atoms with van der Waals surface area (Å²) in [5.74, 6) is -1.33. The lowest BCUT2D eigenvalue weighted by Gasteiger charge is -2.20. The molecule has 0 spiro atoms. The molecule has 0 aliphatic carbocycles. The van der Waals surface area contributed by atoms with Crippen LogP contribution in [0, 0.1) is 0 Å². The number of ether oxygens (including phenoxy) is 1. The molecule has 0 aliphatic rings. The van der Waals surface area contributed by atoms with Crippen molar-refractivity contribution in [2.45, 2.75) is 6.54 Å². The third-order valence-electron chi connectivity index (χ3n) is 2.08. The van der Waals surface area contributed by atoms with Crippen LogP contribution in [0.3, 0.4) is 0 Å². The molecule has 1 heterocycles. The van der Waals surface area contributed by atoms with E-state index in [-0.39, 0.29) is 12.5 Å². The van der Waals surface area contributed by atoms with E-state index in [4.69, 9.17) is 9.84 Å². The molecule has 0 fully saturated rings. The highest BCUT2D eigenvalue weighted by Crippen LogP contribution is 2.12. The van der Waals surface area contributed by atoms with Crippen LogP contribution in [-0.2, 0) is 20.9 Å². The van der Waals surface area contributed by atoms with Crippen LogP contribution >= 0.6 is 11.3 Å². The number of thiophene rings is 1. The quantitative estimate of drug-likeness (QED) is 0.724. The molecule has 98 valence electrons. The number of aliphatic carboxylic acids is 1. The van der Waals surface area contributed by atoms with Crippen molar-refractivity contribution in [3.63, 3.8) is 0 Å². The van der Waals surface area contributed by atoms with E-state index >= 15 is 0 Å². The smallest absolute Gasteiger partial charge is 0.329 e. The van der Waals surface area contributed by atoms with E-state index in [1.165, 1.54) is 0 Å². The number of hydrogen-bond donors (Lipinski definition) is 1. The molecule has 6 heteroatoms. The van der Waals surface area contributed by atoms with E-state index in [2.05, 4.69) is 6.58 Å². The average Bonchev–Trinajstić information content (AvgIpc) is 2.80.